The lowest BCUT2D eigenvalue weighted by Gasteiger charge is -2.26. The van der Waals surface area contributed by atoms with E-state index in [4.69, 9.17) is 11.5 Å². The fourth-order valence-corrected chi connectivity index (χ4v) is 4.53. The zero-order valence-electron chi connectivity index (χ0n) is 23.6. The average molecular weight is 583 g/mol. The van der Waals surface area contributed by atoms with Gasteiger partial charge in [0.2, 0.25) is 23.6 Å². The Hall–Kier alpha value is -4.72. The molecule has 0 aliphatic carbocycles. The molecule has 1 aromatic carbocycles. The van der Waals surface area contributed by atoms with Crippen molar-refractivity contribution in [3.8, 4) is 0 Å². The standard InChI is InChI=1S/C28H38N8O6/c1-15(2)9-22(35-25(38)19(29)10-16-12-32-20-6-4-3-5-18(16)20)27(40)34-21(7-8-24(30)37)26(39)36-23(28(41)42)11-17-13-31-14-33-17/h3-6,12-15,19,21-23,32H,7-11,29H2,1-2H3,(H2,30,37)(H,31,33)(H,34,40)(H,35,38)(H,36,39)(H,41,42). The summed E-state index contributed by atoms with van der Waals surface area (Å²) >= 11 is 0. The number of imidazole rings is 1. The summed E-state index contributed by atoms with van der Waals surface area (Å²) in [6.45, 7) is 3.73. The Morgan fingerprint density at radius 1 is 0.929 bits per heavy atom. The van der Waals surface area contributed by atoms with Crippen LogP contribution in [0.3, 0.4) is 0 Å². The number of nitrogens with two attached hydrogens (primary N) is 2. The first kappa shape index (κ1) is 31.8. The predicted octanol–water partition coefficient (Wildman–Crippen LogP) is -0.146. The highest BCUT2D eigenvalue weighted by atomic mass is 16.4. The topological polar surface area (TPSA) is 238 Å². The molecule has 2 heterocycles. The molecule has 3 rings (SSSR count). The van der Waals surface area contributed by atoms with Crippen LogP contribution in [0.15, 0.2) is 43.0 Å². The maximum Gasteiger partial charge on any atom is 0.326 e. The van der Waals surface area contributed by atoms with E-state index < -0.39 is 53.8 Å². The van der Waals surface area contributed by atoms with Crippen LogP contribution in [-0.2, 0) is 36.8 Å². The number of aromatic amines is 2. The molecule has 0 saturated carbocycles. The van der Waals surface area contributed by atoms with E-state index in [1.165, 1.54) is 12.5 Å². The number of carboxylic acids is 1. The highest BCUT2D eigenvalue weighted by molar-refractivity contribution is 5.94. The second-order valence-corrected chi connectivity index (χ2v) is 10.6. The molecule has 0 aliphatic heterocycles. The van der Waals surface area contributed by atoms with Crippen LogP contribution in [-0.4, -0.2) is 73.8 Å². The number of hydrogen-bond acceptors (Lipinski definition) is 7. The number of aliphatic carboxylic acids is 1. The largest absolute Gasteiger partial charge is 0.480 e. The molecule has 3 aromatic rings. The molecule has 0 bridgehead atoms. The Bertz CT molecular complexity index is 1390. The van der Waals surface area contributed by atoms with Crippen LogP contribution in [0.25, 0.3) is 10.9 Å². The molecule has 42 heavy (non-hydrogen) atoms. The lowest BCUT2D eigenvalue weighted by molar-refractivity contribution is -0.142. The third kappa shape index (κ3) is 9.16. The smallest absolute Gasteiger partial charge is 0.326 e. The van der Waals surface area contributed by atoms with Crippen molar-refractivity contribution in [2.45, 2.75) is 70.1 Å². The Morgan fingerprint density at radius 3 is 2.24 bits per heavy atom. The summed E-state index contributed by atoms with van der Waals surface area (Å²) in [7, 11) is 0. The van der Waals surface area contributed by atoms with Gasteiger partial charge < -0.3 is 42.5 Å². The number of rotatable bonds is 16. The zero-order valence-corrected chi connectivity index (χ0v) is 23.6. The molecule has 10 N–H and O–H groups in total. The van der Waals surface area contributed by atoms with E-state index in [1.807, 2.05) is 38.1 Å². The van der Waals surface area contributed by atoms with Crippen molar-refractivity contribution in [1.82, 2.24) is 30.9 Å². The quantitative estimate of drug-likeness (QED) is 0.113. The third-order valence-electron chi connectivity index (χ3n) is 6.70. The Kier molecular flexibility index (Phi) is 11.2. The van der Waals surface area contributed by atoms with Crippen molar-refractivity contribution in [2.24, 2.45) is 17.4 Å². The minimum Gasteiger partial charge on any atom is -0.480 e. The van der Waals surface area contributed by atoms with Gasteiger partial charge in [-0.05, 0) is 36.8 Å². The maximum atomic E-state index is 13.4. The number of carbonyl (C=O) groups excluding carboxylic acids is 4. The number of H-pyrrole nitrogens is 2. The van der Waals surface area contributed by atoms with Crippen LogP contribution in [0.1, 0.15) is 44.4 Å². The molecule has 14 nitrogen and oxygen atoms in total. The van der Waals surface area contributed by atoms with Gasteiger partial charge in [0.1, 0.15) is 18.1 Å². The molecule has 14 heteroatoms. The predicted molar refractivity (Wildman–Crippen MR) is 154 cm³/mol. The van der Waals surface area contributed by atoms with Crippen LogP contribution >= 0.6 is 0 Å². The van der Waals surface area contributed by atoms with E-state index in [0.717, 1.165) is 16.5 Å². The van der Waals surface area contributed by atoms with E-state index in [0.29, 0.717) is 5.69 Å². The Morgan fingerprint density at radius 2 is 1.60 bits per heavy atom. The van der Waals surface area contributed by atoms with Gasteiger partial charge in [-0.2, -0.15) is 0 Å². The monoisotopic (exact) mass is 582 g/mol. The van der Waals surface area contributed by atoms with Crippen molar-refractivity contribution in [1.29, 1.82) is 0 Å². The summed E-state index contributed by atoms with van der Waals surface area (Å²) < 4.78 is 0. The highest BCUT2D eigenvalue weighted by Gasteiger charge is 2.31. The number of aromatic nitrogens is 3. The number of nitrogens with zero attached hydrogens (tertiary/aromatic N) is 1. The minimum absolute atomic E-state index is 0.0189. The van der Waals surface area contributed by atoms with Gasteiger partial charge >= 0.3 is 5.97 Å². The fraction of sp³-hybridized carbons (Fsp3) is 0.429. The summed E-state index contributed by atoms with van der Waals surface area (Å²) in [4.78, 5) is 72.6. The number of amides is 4. The molecule has 0 spiro atoms. The number of benzene rings is 1. The van der Waals surface area contributed by atoms with E-state index in [1.54, 1.807) is 6.20 Å². The molecule has 0 fully saturated rings. The van der Waals surface area contributed by atoms with Gasteiger partial charge in [-0.25, -0.2) is 9.78 Å². The minimum atomic E-state index is -1.33. The van der Waals surface area contributed by atoms with Gasteiger partial charge in [0.05, 0.1) is 12.4 Å². The van der Waals surface area contributed by atoms with Gasteiger partial charge in [-0.1, -0.05) is 32.0 Å². The lowest BCUT2D eigenvalue weighted by Crippen LogP contribution is -2.57. The number of fused-ring (bicyclic) bond motifs is 1. The number of hydrogen-bond donors (Lipinski definition) is 8. The second kappa shape index (κ2) is 14.8. The van der Waals surface area contributed by atoms with Crippen LogP contribution in [0.5, 0.6) is 0 Å². The van der Waals surface area contributed by atoms with Crippen molar-refractivity contribution in [2.75, 3.05) is 0 Å². The average Bonchev–Trinajstić information content (AvgIpc) is 3.59. The first-order valence-electron chi connectivity index (χ1n) is 13.6. The molecule has 4 amide bonds. The van der Waals surface area contributed by atoms with Gasteiger partial charge in [0.25, 0.3) is 0 Å². The van der Waals surface area contributed by atoms with Crippen molar-refractivity contribution < 1.29 is 29.1 Å². The van der Waals surface area contributed by atoms with E-state index in [-0.39, 0.29) is 38.0 Å². The molecule has 0 saturated heterocycles. The Balaban J connectivity index is 1.70. The molecule has 2 aromatic heterocycles. The number of carboxylic acid groups (broad SMARTS) is 1. The van der Waals surface area contributed by atoms with Crippen molar-refractivity contribution in [3.05, 3.63) is 54.2 Å². The fourth-order valence-electron chi connectivity index (χ4n) is 4.53. The lowest BCUT2D eigenvalue weighted by atomic mass is 10.0. The summed E-state index contributed by atoms with van der Waals surface area (Å²) in [6, 6.07) is 2.98. The maximum absolute atomic E-state index is 13.4. The molecular formula is C28H38N8O6. The van der Waals surface area contributed by atoms with Crippen molar-refractivity contribution in [3.63, 3.8) is 0 Å². The second-order valence-electron chi connectivity index (χ2n) is 10.6. The van der Waals surface area contributed by atoms with E-state index >= 15 is 0 Å². The van der Waals surface area contributed by atoms with E-state index in [2.05, 4.69) is 30.9 Å². The van der Waals surface area contributed by atoms with Gasteiger partial charge in [0, 0.05) is 41.8 Å². The van der Waals surface area contributed by atoms with Crippen LogP contribution in [0.4, 0.5) is 0 Å². The molecule has 0 aliphatic rings. The number of carbonyl (C=O) groups is 5. The first-order chi connectivity index (χ1) is 19.9. The van der Waals surface area contributed by atoms with Gasteiger partial charge in [-0.3, -0.25) is 19.2 Å². The highest BCUT2D eigenvalue weighted by Crippen LogP contribution is 2.19. The molecular weight excluding hydrogens is 544 g/mol. The van der Waals surface area contributed by atoms with Gasteiger partial charge in [0.15, 0.2) is 0 Å². The van der Waals surface area contributed by atoms with Crippen LogP contribution in [0, 0.1) is 5.92 Å². The SMILES string of the molecule is CC(C)CC(NC(=O)C(N)Cc1c[nH]c2ccccc12)C(=O)NC(CCC(N)=O)C(=O)NC(Cc1cnc[nH]1)C(=O)O. The number of para-hydroxylation sites is 1. The van der Waals surface area contributed by atoms with Crippen LogP contribution in [0.2, 0.25) is 0 Å². The zero-order chi connectivity index (χ0) is 30.8. The number of primary amides is 1. The molecule has 226 valence electrons. The summed E-state index contributed by atoms with van der Waals surface area (Å²) in [5, 5.41) is 18.2. The summed E-state index contributed by atoms with van der Waals surface area (Å²) in [5.74, 6) is -4.07. The molecule has 0 radical (unpaired) electrons. The van der Waals surface area contributed by atoms with Gasteiger partial charge in [-0.15, -0.1) is 0 Å². The normalized spacial score (nSPS) is 14.1. The third-order valence-corrected chi connectivity index (χ3v) is 6.70. The number of nitrogens with one attached hydrogen (secondary N) is 5. The summed E-state index contributed by atoms with van der Waals surface area (Å²) in [6.07, 6.45) is 4.55. The van der Waals surface area contributed by atoms with E-state index in [9.17, 15) is 29.1 Å². The molecule has 4 atom stereocenters. The molecule has 4 unspecified atom stereocenters. The van der Waals surface area contributed by atoms with Crippen molar-refractivity contribution >= 4 is 40.5 Å². The van der Waals surface area contributed by atoms with Crippen LogP contribution < -0.4 is 27.4 Å². The summed E-state index contributed by atoms with van der Waals surface area (Å²) in [5.41, 5.74) is 13.7. The Labute approximate surface area is 242 Å². The first-order valence-corrected chi connectivity index (χ1v) is 13.6.